The Morgan fingerprint density at radius 3 is 2.89 bits per heavy atom. The molecule has 1 aromatic carbocycles. The number of hydrogen-bond donors (Lipinski definition) is 2. The molecule has 3 heteroatoms. The minimum Gasteiger partial charge on any atom is -0.481 e. The zero-order valence-corrected chi connectivity index (χ0v) is 11.1. The summed E-state index contributed by atoms with van der Waals surface area (Å²) >= 11 is 0. The zero-order valence-electron chi connectivity index (χ0n) is 11.1. The maximum atomic E-state index is 10.8. The van der Waals surface area contributed by atoms with Crippen molar-refractivity contribution in [2.45, 2.75) is 51.6 Å². The first-order valence-electron chi connectivity index (χ1n) is 6.54. The van der Waals surface area contributed by atoms with E-state index < -0.39 is 5.97 Å². The summed E-state index contributed by atoms with van der Waals surface area (Å²) in [5.74, 6) is -0.759. The highest BCUT2D eigenvalue weighted by atomic mass is 16.4. The molecule has 2 rings (SSSR count). The fraction of sp³-hybridized carbons (Fsp3) is 0.533. The van der Waals surface area contributed by atoms with Crippen LogP contribution in [0.1, 0.15) is 43.4 Å². The lowest BCUT2D eigenvalue weighted by Gasteiger charge is -2.25. The molecule has 1 aliphatic rings. The van der Waals surface area contributed by atoms with Crippen molar-refractivity contribution in [1.29, 1.82) is 0 Å². The standard InChI is InChI=1S/C15H21NO2/c1-15(2,9-14(17)18)16-10-12-7-3-5-11-6-4-8-13(11)12/h3,5,7,16H,4,6,8-10H2,1-2H3,(H,17,18). The van der Waals surface area contributed by atoms with E-state index in [9.17, 15) is 4.79 Å². The van der Waals surface area contributed by atoms with Crippen LogP contribution in [0, 0.1) is 0 Å². The van der Waals surface area contributed by atoms with Gasteiger partial charge in [-0.2, -0.15) is 0 Å². The van der Waals surface area contributed by atoms with Gasteiger partial charge in [-0.25, -0.2) is 0 Å². The van der Waals surface area contributed by atoms with Crippen molar-refractivity contribution in [3.8, 4) is 0 Å². The molecule has 0 radical (unpaired) electrons. The Morgan fingerprint density at radius 2 is 2.17 bits per heavy atom. The molecule has 0 unspecified atom stereocenters. The van der Waals surface area contributed by atoms with Crippen LogP contribution in [-0.2, 0) is 24.2 Å². The highest BCUT2D eigenvalue weighted by Gasteiger charge is 2.22. The first-order chi connectivity index (χ1) is 8.48. The lowest BCUT2D eigenvalue weighted by molar-refractivity contribution is -0.138. The van der Waals surface area contributed by atoms with E-state index in [1.807, 2.05) is 13.8 Å². The van der Waals surface area contributed by atoms with Crippen LogP contribution in [0.3, 0.4) is 0 Å². The van der Waals surface area contributed by atoms with Crippen molar-refractivity contribution in [2.75, 3.05) is 0 Å². The summed E-state index contributed by atoms with van der Waals surface area (Å²) in [5, 5.41) is 12.2. The second-order valence-electron chi connectivity index (χ2n) is 5.72. The number of carbonyl (C=O) groups is 1. The molecule has 0 fully saturated rings. The molecule has 1 aromatic rings. The topological polar surface area (TPSA) is 49.3 Å². The summed E-state index contributed by atoms with van der Waals surface area (Å²) in [6, 6.07) is 6.45. The summed E-state index contributed by atoms with van der Waals surface area (Å²) in [7, 11) is 0. The molecule has 0 aliphatic heterocycles. The van der Waals surface area contributed by atoms with Gasteiger partial charge in [0, 0.05) is 12.1 Å². The molecule has 0 saturated carbocycles. The number of aryl methyl sites for hydroxylation is 1. The Kier molecular flexibility index (Phi) is 3.71. The quantitative estimate of drug-likeness (QED) is 0.840. The lowest BCUT2D eigenvalue weighted by Crippen LogP contribution is -2.40. The monoisotopic (exact) mass is 247 g/mol. The van der Waals surface area contributed by atoms with Gasteiger partial charge in [-0.05, 0) is 49.8 Å². The Labute approximate surface area is 108 Å². The second-order valence-corrected chi connectivity index (χ2v) is 5.72. The van der Waals surface area contributed by atoms with E-state index in [4.69, 9.17) is 5.11 Å². The van der Waals surface area contributed by atoms with Crippen LogP contribution in [0.25, 0.3) is 0 Å². The normalized spacial score (nSPS) is 14.6. The van der Waals surface area contributed by atoms with Crippen molar-refractivity contribution in [3.63, 3.8) is 0 Å². The van der Waals surface area contributed by atoms with Crippen LogP contribution in [0.5, 0.6) is 0 Å². The number of hydrogen-bond acceptors (Lipinski definition) is 2. The molecule has 0 bridgehead atoms. The number of aliphatic carboxylic acids is 1. The van der Waals surface area contributed by atoms with Crippen LogP contribution in [0.15, 0.2) is 18.2 Å². The van der Waals surface area contributed by atoms with Crippen molar-refractivity contribution < 1.29 is 9.90 Å². The van der Waals surface area contributed by atoms with Gasteiger partial charge in [0.1, 0.15) is 0 Å². The van der Waals surface area contributed by atoms with Gasteiger partial charge in [-0.1, -0.05) is 18.2 Å². The Bertz CT molecular complexity index is 452. The van der Waals surface area contributed by atoms with Gasteiger partial charge in [0.2, 0.25) is 0 Å². The van der Waals surface area contributed by atoms with E-state index in [1.54, 1.807) is 0 Å². The average molecular weight is 247 g/mol. The van der Waals surface area contributed by atoms with Crippen LogP contribution in [0.4, 0.5) is 0 Å². The Morgan fingerprint density at radius 1 is 1.39 bits per heavy atom. The van der Waals surface area contributed by atoms with Gasteiger partial charge in [-0.3, -0.25) is 4.79 Å². The lowest BCUT2D eigenvalue weighted by atomic mass is 9.98. The van der Waals surface area contributed by atoms with E-state index in [1.165, 1.54) is 29.5 Å². The third-order valence-electron chi connectivity index (χ3n) is 3.59. The molecule has 0 atom stereocenters. The highest BCUT2D eigenvalue weighted by molar-refractivity contribution is 5.68. The van der Waals surface area contributed by atoms with E-state index in [0.717, 1.165) is 13.0 Å². The largest absolute Gasteiger partial charge is 0.481 e. The molecule has 0 aromatic heterocycles. The number of rotatable bonds is 5. The summed E-state index contributed by atoms with van der Waals surface area (Å²) in [4.78, 5) is 10.8. The molecule has 18 heavy (non-hydrogen) atoms. The van der Waals surface area contributed by atoms with Gasteiger partial charge in [0.25, 0.3) is 0 Å². The minimum absolute atomic E-state index is 0.141. The van der Waals surface area contributed by atoms with E-state index in [0.29, 0.717) is 0 Å². The SMILES string of the molecule is CC(C)(CC(=O)O)NCc1cccc2c1CCC2. The minimum atomic E-state index is -0.759. The van der Waals surface area contributed by atoms with Crippen molar-refractivity contribution in [3.05, 3.63) is 34.9 Å². The van der Waals surface area contributed by atoms with Gasteiger partial charge >= 0.3 is 5.97 Å². The Balaban J connectivity index is 2.03. The van der Waals surface area contributed by atoms with Gasteiger partial charge in [-0.15, -0.1) is 0 Å². The van der Waals surface area contributed by atoms with Crippen molar-refractivity contribution >= 4 is 5.97 Å². The molecule has 0 saturated heterocycles. The molecule has 1 aliphatic carbocycles. The first-order valence-corrected chi connectivity index (χ1v) is 6.54. The van der Waals surface area contributed by atoms with Gasteiger partial charge in [0.05, 0.1) is 6.42 Å². The van der Waals surface area contributed by atoms with Crippen LogP contribution >= 0.6 is 0 Å². The predicted molar refractivity (Wildman–Crippen MR) is 71.6 cm³/mol. The maximum Gasteiger partial charge on any atom is 0.305 e. The predicted octanol–water partition coefficient (Wildman–Crippen LogP) is 2.52. The average Bonchev–Trinajstić information content (AvgIpc) is 2.72. The number of nitrogens with one attached hydrogen (secondary N) is 1. The van der Waals surface area contributed by atoms with Gasteiger partial charge in [0.15, 0.2) is 0 Å². The summed E-state index contributed by atoms with van der Waals surface area (Å²) in [6.45, 7) is 4.62. The molecule has 0 amide bonds. The molecule has 0 heterocycles. The van der Waals surface area contributed by atoms with E-state index in [-0.39, 0.29) is 12.0 Å². The van der Waals surface area contributed by atoms with Crippen LogP contribution < -0.4 is 5.32 Å². The molecular weight excluding hydrogens is 226 g/mol. The zero-order chi connectivity index (χ0) is 13.2. The number of carboxylic acid groups (broad SMARTS) is 1. The van der Waals surface area contributed by atoms with Crippen LogP contribution in [0.2, 0.25) is 0 Å². The summed E-state index contributed by atoms with van der Waals surface area (Å²) in [5.41, 5.74) is 3.89. The molecule has 2 N–H and O–H groups in total. The molecule has 3 nitrogen and oxygen atoms in total. The molecule has 98 valence electrons. The van der Waals surface area contributed by atoms with Crippen molar-refractivity contribution in [2.24, 2.45) is 0 Å². The third kappa shape index (κ3) is 3.10. The number of fused-ring (bicyclic) bond motifs is 1. The Hall–Kier alpha value is -1.35. The van der Waals surface area contributed by atoms with Crippen LogP contribution in [-0.4, -0.2) is 16.6 Å². The van der Waals surface area contributed by atoms with E-state index >= 15 is 0 Å². The second kappa shape index (κ2) is 5.11. The van der Waals surface area contributed by atoms with Gasteiger partial charge < -0.3 is 10.4 Å². The number of benzene rings is 1. The highest BCUT2D eigenvalue weighted by Crippen LogP contribution is 2.25. The summed E-state index contributed by atoms with van der Waals surface area (Å²) < 4.78 is 0. The third-order valence-corrected chi connectivity index (χ3v) is 3.59. The summed E-state index contributed by atoms with van der Waals surface area (Å²) in [6.07, 6.45) is 3.72. The maximum absolute atomic E-state index is 10.8. The molecule has 0 spiro atoms. The number of carboxylic acids is 1. The molecular formula is C15H21NO2. The van der Waals surface area contributed by atoms with E-state index in [2.05, 4.69) is 23.5 Å². The first kappa shape index (κ1) is 13.1. The smallest absolute Gasteiger partial charge is 0.305 e. The fourth-order valence-electron chi connectivity index (χ4n) is 2.64. The van der Waals surface area contributed by atoms with Crippen molar-refractivity contribution in [1.82, 2.24) is 5.32 Å². The fourth-order valence-corrected chi connectivity index (χ4v) is 2.64.